The van der Waals surface area contributed by atoms with Gasteiger partial charge in [0.1, 0.15) is 5.75 Å². The number of carbonyl (C=O) groups is 1. The van der Waals surface area contributed by atoms with Crippen molar-refractivity contribution in [2.75, 3.05) is 18.4 Å². The molecule has 138 valence electrons. The van der Waals surface area contributed by atoms with Crippen molar-refractivity contribution < 1.29 is 9.90 Å². The molecule has 27 heavy (non-hydrogen) atoms. The summed E-state index contributed by atoms with van der Waals surface area (Å²) in [5.41, 5.74) is 4.33. The number of carbonyl (C=O) groups excluding carboxylic acids is 1. The van der Waals surface area contributed by atoms with Gasteiger partial charge in [-0.05, 0) is 66.6 Å². The molecule has 2 aromatic rings. The van der Waals surface area contributed by atoms with Crippen molar-refractivity contribution in [2.24, 2.45) is 5.92 Å². The predicted octanol–water partition coefficient (Wildman–Crippen LogP) is 4.45. The van der Waals surface area contributed by atoms with Crippen LogP contribution in [0, 0.1) is 5.92 Å². The number of anilines is 1. The maximum Gasteiger partial charge on any atom is 0.253 e. The lowest BCUT2D eigenvalue weighted by Crippen LogP contribution is -2.30. The van der Waals surface area contributed by atoms with Gasteiger partial charge in [-0.2, -0.15) is 0 Å². The van der Waals surface area contributed by atoms with Crippen LogP contribution in [-0.2, 0) is 0 Å². The first-order valence-electron chi connectivity index (χ1n) is 9.86. The zero-order valence-corrected chi connectivity index (χ0v) is 15.3. The van der Waals surface area contributed by atoms with E-state index in [1.54, 1.807) is 12.1 Å². The molecule has 2 N–H and O–H groups in total. The number of benzene rings is 2. The normalized spacial score (nSPS) is 25.8. The molecule has 4 nitrogen and oxygen atoms in total. The molecule has 2 aromatic carbocycles. The minimum atomic E-state index is 0.162. The Balaban J connectivity index is 1.49. The topological polar surface area (TPSA) is 52.6 Å². The van der Waals surface area contributed by atoms with Gasteiger partial charge in [0.15, 0.2) is 0 Å². The second-order valence-electron chi connectivity index (χ2n) is 7.87. The quantitative estimate of drug-likeness (QED) is 0.778. The number of fused-ring (bicyclic) bond motifs is 3. The van der Waals surface area contributed by atoms with Crippen LogP contribution >= 0.6 is 0 Å². The third kappa shape index (κ3) is 2.80. The highest BCUT2D eigenvalue weighted by atomic mass is 16.3. The van der Waals surface area contributed by atoms with Crippen LogP contribution in [0.1, 0.15) is 52.7 Å². The zero-order chi connectivity index (χ0) is 18.4. The van der Waals surface area contributed by atoms with Crippen LogP contribution in [0.25, 0.3) is 0 Å². The van der Waals surface area contributed by atoms with Crippen molar-refractivity contribution in [1.82, 2.24) is 4.90 Å². The molecular weight excluding hydrogens is 336 g/mol. The Morgan fingerprint density at radius 1 is 1.07 bits per heavy atom. The minimum Gasteiger partial charge on any atom is -0.508 e. The molecule has 4 heteroatoms. The summed E-state index contributed by atoms with van der Waals surface area (Å²) in [6, 6.07) is 13.8. The van der Waals surface area contributed by atoms with E-state index in [4.69, 9.17) is 0 Å². The summed E-state index contributed by atoms with van der Waals surface area (Å²) in [4.78, 5) is 14.8. The summed E-state index contributed by atoms with van der Waals surface area (Å²) in [5, 5.41) is 13.3. The van der Waals surface area contributed by atoms with E-state index in [2.05, 4.69) is 29.6 Å². The third-order valence-corrected chi connectivity index (χ3v) is 6.26. The lowest BCUT2D eigenvalue weighted by molar-refractivity contribution is 0.0792. The largest absolute Gasteiger partial charge is 0.508 e. The molecule has 1 fully saturated rings. The molecule has 0 saturated carbocycles. The maximum absolute atomic E-state index is 12.8. The van der Waals surface area contributed by atoms with Crippen LogP contribution < -0.4 is 5.32 Å². The van der Waals surface area contributed by atoms with E-state index in [-0.39, 0.29) is 11.9 Å². The molecule has 0 spiro atoms. The second kappa shape index (κ2) is 6.45. The Bertz CT molecular complexity index is 897. The van der Waals surface area contributed by atoms with Gasteiger partial charge >= 0.3 is 0 Å². The fraction of sp³-hybridized carbons (Fsp3) is 0.348. The summed E-state index contributed by atoms with van der Waals surface area (Å²) in [6.07, 6.45) is 7.79. The van der Waals surface area contributed by atoms with Crippen molar-refractivity contribution in [3.8, 4) is 5.75 Å². The van der Waals surface area contributed by atoms with E-state index in [9.17, 15) is 9.90 Å². The summed E-state index contributed by atoms with van der Waals surface area (Å²) in [7, 11) is 0. The van der Waals surface area contributed by atoms with E-state index in [0.29, 0.717) is 17.6 Å². The van der Waals surface area contributed by atoms with Crippen LogP contribution in [-0.4, -0.2) is 29.0 Å². The number of aromatic hydroxyl groups is 1. The van der Waals surface area contributed by atoms with Crippen molar-refractivity contribution in [1.29, 1.82) is 0 Å². The number of amides is 1. The predicted molar refractivity (Wildman–Crippen MR) is 106 cm³/mol. The van der Waals surface area contributed by atoms with E-state index in [1.165, 1.54) is 11.1 Å². The van der Waals surface area contributed by atoms with Gasteiger partial charge in [-0.1, -0.05) is 24.3 Å². The lowest BCUT2D eigenvalue weighted by atomic mass is 9.76. The van der Waals surface area contributed by atoms with Gasteiger partial charge < -0.3 is 15.3 Å². The standard InChI is InChI=1S/C23H24N2O2/c26-17-9-6-15(7-10-17)22-19-5-3-4-18(19)20-14-16(8-11-21(20)24-22)23(27)25-12-1-2-13-25/h3-4,6-11,14,18-19,22,24,26H,1-2,5,12-13H2. The average Bonchev–Trinajstić information content (AvgIpc) is 3.39. The first-order chi connectivity index (χ1) is 13.2. The molecule has 2 heterocycles. The summed E-state index contributed by atoms with van der Waals surface area (Å²) in [6.45, 7) is 1.76. The molecule has 3 unspecified atom stereocenters. The van der Waals surface area contributed by atoms with E-state index >= 15 is 0 Å². The van der Waals surface area contributed by atoms with Crippen LogP contribution in [0.5, 0.6) is 5.75 Å². The molecule has 3 atom stereocenters. The number of nitrogens with zero attached hydrogens (tertiary/aromatic N) is 1. The summed E-state index contributed by atoms with van der Waals surface area (Å²) in [5.74, 6) is 1.21. The SMILES string of the molecule is O=C(c1ccc2c(c1)C1C=CCC1C(c1ccc(O)cc1)N2)N1CCCC1. The fourth-order valence-electron chi connectivity index (χ4n) is 4.84. The van der Waals surface area contributed by atoms with Crippen molar-refractivity contribution in [3.05, 3.63) is 71.3 Å². The molecule has 0 radical (unpaired) electrons. The van der Waals surface area contributed by atoms with Crippen molar-refractivity contribution >= 4 is 11.6 Å². The number of allylic oxidation sites excluding steroid dienone is 2. The number of likely N-dealkylation sites (tertiary alicyclic amines) is 1. The van der Waals surface area contributed by atoms with E-state index in [1.807, 2.05) is 23.1 Å². The first kappa shape index (κ1) is 16.4. The van der Waals surface area contributed by atoms with Gasteiger partial charge in [0.25, 0.3) is 5.91 Å². The number of hydrogen-bond donors (Lipinski definition) is 2. The summed E-state index contributed by atoms with van der Waals surface area (Å²) >= 11 is 0. The number of rotatable bonds is 2. The fourth-order valence-corrected chi connectivity index (χ4v) is 4.84. The number of hydrogen-bond acceptors (Lipinski definition) is 3. The van der Waals surface area contributed by atoms with Crippen molar-refractivity contribution in [3.63, 3.8) is 0 Å². The lowest BCUT2D eigenvalue weighted by Gasteiger charge is -2.37. The second-order valence-corrected chi connectivity index (χ2v) is 7.87. The van der Waals surface area contributed by atoms with Crippen LogP contribution in [0.4, 0.5) is 5.69 Å². The Morgan fingerprint density at radius 2 is 1.85 bits per heavy atom. The molecule has 5 rings (SSSR count). The Kier molecular flexibility index (Phi) is 3.92. The Labute approximate surface area is 159 Å². The molecule has 3 aliphatic rings. The Hall–Kier alpha value is -2.75. The molecule has 0 bridgehead atoms. The zero-order valence-electron chi connectivity index (χ0n) is 15.3. The van der Waals surface area contributed by atoms with Crippen LogP contribution in [0.15, 0.2) is 54.6 Å². The monoisotopic (exact) mass is 360 g/mol. The van der Waals surface area contributed by atoms with Gasteiger partial charge in [-0.15, -0.1) is 0 Å². The molecule has 1 amide bonds. The van der Waals surface area contributed by atoms with Crippen molar-refractivity contribution in [2.45, 2.75) is 31.2 Å². The van der Waals surface area contributed by atoms with Gasteiger partial charge in [-0.25, -0.2) is 0 Å². The van der Waals surface area contributed by atoms with Gasteiger partial charge in [0.2, 0.25) is 0 Å². The van der Waals surface area contributed by atoms with Gasteiger partial charge in [0.05, 0.1) is 6.04 Å². The van der Waals surface area contributed by atoms with Crippen LogP contribution in [0.3, 0.4) is 0 Å². The Morgan fingerprint density at radius 3 is 2.63 bits per heavy atom. The van der Waals surface area contributed by atoms with Gasteiger partial charge in [-0.3, -0.25) is 4.79 Å². The van der Waals surface area contributed by atoms with Crippen LogP contribution in [0.2, 0.25) is 0 Å². The smallest absolute Gasteiger partial charge is 0.253 e. The summed E-state index contributed by atoms with van der Waals surface area (Å²) < 4.78 is 0. The molecular formula is C23H24N2O2. The molecule has 2 aliphatic heterocycles. The molecule has 1 saturated heterocycles. The first-order valence-corrected chi connectivity index (χ1v) is 9.86. The number of nitrogens with one attached hydrogen (secondary N) is 1. The minimum absolute atomic E-state index is 0.162. The highest BCUT2D eigenvalue weighted by molar-refractivity contribution is 5.95. The number of phenolic OH excluding ortho intramolecular Hbond substituents is 1. The van der Waals surface area contributed by atoms with Gasteiger partial charge in [0, 0.05) is 30.3 Å². The number of phenols is 1. The highest BCUT2D eigenvalue weighted by Crippen LogP contribution is 2.50. The molecule has 0 aromatic heterocycles. The van der Waals surface area contributed by atoms with E-state index < -0.39 is 0 Å². The highest BCUT2D eigenvalue weighted by Gasteiger charge is 2.38. The van der Waals surface area contributed by atoms with E-state index in [0.717, 1.165) is 43.6 Å². The maximum atomic E-state index is 12.8. The molecule has 1 aliphatic carbocycles. The third-order valence-electron chi connectivity index (χ3n) is 6.26. The average molecular weight is 360 g/mol.